The summed E-state index contributed by atoms with van der Waals surface area (Å²) in [5, 5.41) is 19.3. The molecule has 0 radical (unpaired) electrons. The third-order valence-electron chi connectivity index (χ3n) is 6.07. The van der Waals surface area contributed by atoms with E-state index in [-0.39, 0.29) is 11.4 Å². The Morgan fingerprint density at radius 3 is 1.31 bits per heavy atom. The summed E-state index contributed by atoms with van der Waals surface area (Å²) in [4.78, 5) is 7.02. The van der Waals surface area contributed by atoms with Gasteiger partial charge in [-0.15, -0.1) is 0 Å². The molecule has 5 rings (SSSR count). The van der Waals surface area contributed by atoms with Gasteiger partial charge in [0.1, 0.15) is 0 Å². The molecule has 0 saturated heterocycles. The SMILES string of the molecule is [C-]#[N+]/C(C#N)=C1/c2cc(C)ccc2-c2cc3c(cc21)-c1ccc(C)cc1/C3=C(/C#N)[N+]#[C-]. The standard InChI is InChI=1S/C28H14N4/c1-15-5-7-17-19-11-24-20(12-23(19)27(21(17)9-15)25(13-29)31-3)18-8-6-16(2)10-22(18)28(24)26(14-30)32-4/h5-12H,1-2H3/b27-25-,28-26+. The van der Waals surface area contributed by atoms with E-state index in [1.165, 1.54) is 0 Å². The van der Waals surface area contributed by atoms with Gasteiger partial charge in [-0.25, -0.2) is 20.2 Å². The lowest BCUT2D eigenvalue weighted by Crippen LogP contribution is -1.89. The minimum atomic E-state index is 0.0623. The summed E-state index contributed by atoms with van der Waals surface area (Å²) in [5.74, 6) is 0. The highest BCUT2D eigenvalue weighted by atomic mass is 14.7. The molecule has 0 aromatic heterocycles. The summed E-state index contributed by atoms with van der Waals surface area (Å²) in [6.45, 7) is 19.1. The molecule has 0 amide bonds. The molecule has 0 saturated carbocycles. The Balaban J connectivity index is 1.94. The first-order chi connectivity index (χ1) is 15.5. The van der Waals surface area contributed by atoms with Gasteiger partial charge in [0.25, 0.3) is 11.4 Å². The normalized spacial score (nSPS) is 15.2. The van der Waals surface area contributed by atoms with E-state index in [1.54, 1.807) is 0 Å². The lowest BCUT2D eigenvalue weighted by Gasteiger charge is -2.09. The first-order valence-electron chi connectivity index (χ1n) is 9.97. The van der Waals surface area contributed by atoms with Crippen molar-refractivity contribution in [2.24, 2.45) is 0 Å². The highest BCUT2D eigenvalue weighted by Crippen LogP contribution is 2.53. The topological polar surface area (TPSA) is 56.3 Å². The molecule has 0 N–H and O–H groups in total. The Labute approximate surface area is 186 Å². The predicted molar refractivity (Wildman–Crippen MR) is 123 cm³/mol. The van der Waals surface area contributed by atoms with Crippen molar-refractivity contribution in [3.63, 3.8) is 0 Å². The van der Waals surface area contributed by atoms with Crippen LogP contribution in [0.5, 0.6) is 0 Å². The van der Waals surface area contributed by atoms with E-state index >= 15 is 0 Å². The van der Waals surface area contributed by atoms with Crippen molar-refractivity contribution < 1.29 is 0 Å². The van der Waals surface area contributed by atoms with Gasteiger partial charge in [-0.05, 0) is 70.5 Å². The van der Waals surface area contributed by atoms with E-state index in [1.807, 2.05) is 62.4 Å². The lowest BCUT2D eigenvalue weighted by atomic mass is 9.95. The van der Waals surface area contributed by atoms with Crippen molar-refractivity contribution in [1.82, 2.24) is 0 Å². The van der Waals surface area contributed by atoms with Gasteiger partial charge < -0.3 is 0 Å². The van der Waals surface area contributed by atoms with E-state index in [0.717, 1.165) is 55.6 Å². The van der Waals surface area contributed by atoms with E-state index in [2.05, 4.69) is 21.8 Å². The molecule has 146 valence electrons. The van der Waals surface area contributed by atoms with Gasteiger partial charge >= 0.3 is 0 Å². The Morgan fingerprint density at radius 1 is 0.594 bits per heavy atom. The molecule has 0 fully saturated rings. The molecule has 2 aliphatic carbocycles. The third kappa shape index (κ3) is 2.45. The second-order valence-corrected chi connectivity index (χ2v) is 7.94. The minimum Gasteiger partial charge on any atom is -0.226 e. The van der Waals surface area contributed by atoms with Crippen molar-refractivity contribution >= 4 is 11.1 Å². The van der Waals surface area contributed by atoms with Crippen molar-refractivity contribution in [2.75, 3.05) is 0 Å². The Morgan fingerprint density at radius 2 is 0.969 bits per heavy atom. The largest absolute Gasteiger partial charge is 0.270 e. The molecular formula is C28H14N4. The minimum absolute atomic E-state index is 0.0623. The van der Waals surface area contributed by atoms with E-state index in [4.69, 9.17) is 13.1 Å². The molecule has 0 bridgehead atoms. The number of hydrogen-bond donors (Lipinski definition) is 0. The molecular weight excluding hydrogens is 392 g/mol. The Hall–Kier alpha value is -4.90. The summed E-state index contributed by atoms with van der Waals surface area (Å²) < 4.78 is 0. The summed E-state index contributed by atoms with van der Waals surface area (Å²) in [5.41, 5.74) is 10.7. The third-order valence-corrected chi connectivity index (χ3v) is 6.07. The number of nitrogens with zero attached hydrogens (tertiary/aromatic N) is 4. The molecule has 0 aliphatic heterocycles. The molecule has 3 aromatic carbocycles. The number of nitriles is 2. The number of allylic oxidation sites excluding steroid dienone is 2. The average molecular weight is 406 g/mol. The number of fused-ring (bicyclic) bond motifs is 6. The molecule has 3 aromatic rings. The van der Waals surface area contributed by atoms with Gasteiger partial charge in [-0.3, -0.25) is 0 Å². The van der Waals surface area contributed by atoms with Crippen LogP contribution in [0.25, 0.3) is 43.1 Å². The van der Waals surface area contributed by atoms with Crippen LogP contribution in [0.3, 0.4) is 0 Å². The van der Waals surface area contributed by atoms with E-state index < -0.39 is 0 Å². The second-order valence-electron chi connectivity index (χ2n) is 7.94. The zero-order valence-corrected chi connectivity index (χ0v) is 17.4. The maximum Gasteiger partial charge on any atom is 0.270 e. The molecule has 0 unspecified atom stereocenters. The molecule has 4 heteroatoms. The summed E-state index contributed by atoms with van der Waals surface area (Å²) in [6, 6.07) is 20.2. The highest BCUT2D eigenvalue weighted by Gasteiger charge is 2.33. The van der Waals surface area contributed by atoms with Crippen molar-refractivity contribution in [2.45, 2.75) is 13.8 Å². The number of benzene rings is 3. The second kappa shape index (κ2) is 6.82. The molecule has 0 heterocycles. The van der Waals surface area contributed by atoms with Crippen LogP contribution in [0, 0.1) is 49.7 Å². The van der Waals surface area contributed by atoms with Gasteiger partial charge in [0, 0.05) is 11.1 Å². The molecule has 2 aliphatic rings. The molecule has 0 atom stereocenters. The fraction of sp³-hybridized carbons (Fsp3) is 0.0714. The summed E-state index contributed by atoms with van der Waals surface area (Å²) in [6.07, 6.45) is 0. The van der Waals surface area contributed by atoms with Crippen LogP contribution in [-0.2, 0) is 0 Å². The van der Waals surface area contributed by atoms with Crippen LogP contribution in [0.1, 0.15) is 33.4 Å². The van der Waals surface area contributed by atoms with E-state index in [9.17, 15) is 10.5 Å². The first-order valence-corrected chi connectivity index (χ1v) is 9.97. The van der Waals surface area contributed by atoms with Crippen LogP contribution < -0.4 is 0 Å². The Bertz CT molecular complexity index is 1460. The predicted octanol–water partition coefficient (Wildman–Crippen LogP) is 6.67. The van der Waals surface area contributed by atoms with Crippen LogP contribution in [0.2, 0.25) is 0 Å². The smallest absolute Gasteiger partial charge is 0.226 e. The van der Waals surface area contributed by atoms with Crippen molar-refractivity contribution in [3.8, 4) is 34.4 Å². The fourth-order valence-corrected chi connectivity index (χ4v) is 4.73. The Kier molecular flexibility index (Phi) is 4.07. The lowest BCUT2D eigenvalue weighted by molar-refractivity contribution is 1.45. The zero-order chi connectivity index (χ0) is 22.6. The van der Waals surface area contributed by atoms with E-state index in [0.29, 0.717) is 11.1 Å². The van der Waals surface area contributed by atoms with Gasteiger partial charge in [0.05, 0.1) is 25.3 Å². The van der Waals surface area contributed by atoms with Gasteiger partial charge in [0.2, 0.25) is 0 Å². The molecule has 4 nitrogen and oxygen atoms in total. The van der Waals surface area contributed by atoms with Gasteiger partial charge in [-0.2, -0.15) is 0 Å². The number of aryl methyl sites for hydroxylation is 2. The highest BCUT2D eigenvalue weighted by molar-refractivity contribution is 6.10. The number of hydrogen-bond acceptors (Lipinski definition) is 2. The average Bonchev–Trinajstić information content (AvgIpc) is 3.26. The van der Waals surface area contributed by atoms with Crippen LogP contribution >= 0.6 is 0 Å². The van der Waals surface area contributed by atoms with Gasteiger partial charge in [-0.1, -0.05) is 47.5 Å². The maximum atomic E-state index is 9.67. The molecule has 0 spiro atoms. The monoisotopic (exact) mass is 406 g/mol. The maximum absolute atomic E-state index is 9.67. The fourth-order valence-electron chi connectivity index (χ4n) is 4.73. The van der Waals surface area contributed by atoms with Crippen LogP contribution in [0.4, 0.5) is 0 Å². The van der Waals surface area contributed by atoms with Gasteiger partial charge in [0.15, 0.2) is 0 Å². The van der Waals surface area contributed by atoms with Crippen LogP contribution in [-0.4, -0.2) is 0 Å². The first kappa shape index (κ1) is 19.1. The number of rotatable bonds is 0. The summed E-state index contributed by atoms with van der Waals surface area (Å²) in [7, 11) is 0. The van der Waals surface area contributed by atoms with Crippen molar-refractivity contribution in [1.29, 1.82) is 10.5 Å². The van der Waals surface area contributed by atoms with Crippen molar-refractivity contribution in [3.05, 3.63) is 116 Å². The molecule has 32 heavy (non-hydrogen) atoms. The quantitative estimate of drug-likeness (QED) is 0.213. The zero-order valence-electron chi connectivity index (χ0n) is 17.4. The van der Waals surface area contributed by atoms with Crippen LogP contribution in [0.15, 0.2) is 59.9 Å². The summed E-state index contributed by atoms with van der Waals surface area (Å²) >= 11 is 0.